The zero-order chi connectivity index (χ0) is 21.3. The molecule has 0 aromatic carbocycles. The summed E-state index contributed by atoms with van der Waals surface area (Å²) in [5, 5.41) is 0. The Labute approximate surface area is 176 Å². The van der Waals surface area contributed by atoms with Crippen LogP contribution in [0, 0.1) is 6.92 Å². The number of piperazine rings is 2. The summed E-state index contributed by atoms with van der Waals surface area (Å²) < 4.78 is 1.44. The molecule has 9 nitrogen and oxygen atoms in total. The van der Waals surface area contributed by atoms with Crippen LogP contribution in [0.2, 0.25) is 0 Å². The maximum Gasteiger partial charge on any atom is 0.263 e. The predicted molar refractivity (Wildman–Crippen MR) is 116 cm³/mol. The largest absolute Gasteiger partial charge is 0.354 e. The van der Waals surface area contributed by atoms with Gasteiger partial charge in [0.1, 0.15) is 23.0 Å². The molecule has 0 unspecified atom stereocenters. The van der Waals surface area contributed by atoms with Crippen molar-refractivity contribution in [1.82, 2.24) is 24.3 Å². The van der Waals surface area contributed by atoms with Gasteiger partial charge in [0.15, 0.2) is 0 Å². The molecule has 4 heterocycles. The molecule has 0 aliphatic carbocycles. The summed E-state index contributed by atoms with van der Waals surface area (Å²) in [4.78, 5) is 42.9. The average Bonchev–Trinajstić information content (AvgIpc) is 2.75. The van der Waals surface area contributed by atoms with Gasteiger partial charge in [0.2, 0.25) is 0 Å². The van der Waals surface area contributed by atoms with Crippen LogP contribution in [0.5, 0.6) is 0 Å². The minimum absolute atomic E-state index is 0.201. The van der Waals surface area contributed by atoms with Crippen LogP contribution in [0.3, 0.4) is 0 Å². The van der Waals surface area contributed by atoms with E-state index in [0.29, 0.717) is 26.2 Å². The van der Waals surface area contributed by atoms with Crippen LogP contribution < -0.4 is 15.4 Å². The van der Waals surface area contributed by atoms with Crippen LogP contribution in [0.4, 0.5) is 11.6 Å². The highest BCUT2D eigenvalue weighted by Gasteiger charge is 2.25. The quantitative estimate of drug-likeness (QED) is 0.714. The molecule has 0 bridgehead atoms. The van der Waals surface area contributed by atoms with Crippen molar-refractivity contribution in [1.29, 1.82) is 0 Å². The lowest BCUT2D eigenvalue weighted by Crippen LogP contribution is -2.50. The maximum atomic E-state index is 12.8. The van der Waals surface area contributed by atoms with Crippen molar-refractivity contribution in [3.63, 3.8) is 0 Å². The first-order valence-electron chi connectivity index (χ1n) is 10.4. The minimum Gasteiger partial charge on any atom is -0.354 e. The second kappa shape index (κ2) is 8.43. The first kappa shape index (κ1) is 20.3. The van der Waals surface area contributed by atoms with E-state index in [2.05, 4.69) is 37.8 Å². The van der Waals surface area contributed by atoms with E-state index in [4.69, 9.17) is 0 Å². The van der Waals surface area contributed by atoms with Gasteiger partial charge in [-0.3, -0.25) is 9.59 Å². The number of aryl methyl sites for hydroxylation is 2. The number of aromatic nitrogens is 3. The smallest absolute Gasteiger partial charge is 0.263 e. The molecular formula is C21H29N7O2. The van der Waals surface area contributed by atoms with Gasteiger partial charge in [-0.25, -0.2) is 9.97 Å². The minimum atomic E-state index is -0.256. The number of carbonyl (C=O) groups excluding carboxylic acids is 1. The standard InChI is InChI=1S/C21H29N7O2/c1-16-22-18(26-9-7-24(2)8-10-26)15-19(23-16)27-11-13-28(14-12-27)21(30)17-5-4-6-25(3)20(17)29/h4-6,15H,7-14H2,1-3H3. The van der Waals surface area contributed by atoms with Gasteiger partial charge in [-0.05, 0) is 26.1 Å². The summed E-state index contributed by atoms with van der Waals surface area (Å²) in [6.45, 7) is 8.37. The van der Waals surface area contributed by atoms with Gasteiger partial charge in [0.05, 0.1) is 0 Å². The number of anilines is 2. The fraction of sp³-hybridized carbons (Fsp3) is 0.524. The Morgan fingerprint density at radius 2 is 1.47 bits per heavy atom. The van der Waals surface area contributed by atoms with Gasteiger partial charge >= 0.3 is 0 Å². The Balaban J connectivity index is 1.44. The Morgan fingerprint density at radius 1 is 0.900 bits per heavy atom. The highest BCUT2D eigenvalue weighted by Crippen LogP contribution is 2.21. The first-order valence-corrected chi connectivity index (χ1v) is 10.4. The van der Waals surface area contributed by atoms with Gasteiger partial charge in [-0.15, -0.1) is 0 Å². The van der Waals surface area contributed by atoms with Crippen molar-refractivity contribution in [2.45, 2.75) is 6.92 Å². The third-order valence-electron chi connectivity index (χ3n) is 5.88. The first-order chi connectivity index (χ1) is 14.4. The Morgan fingerprint density at radius 3 is 2.07 bits per heavy atom. The zero-order valence-electron chi connectivity index (χ0n) is 17.9. The van der Waals surface area contributed by atoms with E-state index in [9.17, 15) is 9.59 Å². The zero-order valence-corrected chi connectivity index (χ0v) is 17.9. The highest BCUT2D eigenvalue weighted by atomic mass is 16.2. The third-order valence-corrected chi connectivity index (χ3v) is 5.88. The maximum absolute atomic E-state index is 12.8. The van der Waals surface area contributed by atoms with Crippen LogP contribution in [0.1, 0.15) is 16.2 Å². The summed E-state index contributed by atoms with van der Waals surface area (Å²) in [5.74, 6) is 2.43. The summed E-state index contributed by atoms with van der Waals surface area (Å²) in [7, 11) is 3.80. The fourth-order valence-electron chi connectivity index (χ4n) is 3.97. The van der Waals surface area contributed by atoms with Gasteiger partial charge in [-0.1, -0.05) is 0 Å². The molecule has 0 saturated carbocycles. The lowest BCUT2D eigenvalue weighted by Gasteiger charge is -2.36. The van der Waals surface area contributed by atoms with Crippen LogP contribution in [0.25, 0.3) is 0 Å². The lowest BCUT2D eigenvalue weighted by atomic mass is 10.2. The Hall–Kier alpha value is -2.94. The summed E-state index contributed by atoms with van der Waals surface area (Å²) >= 11 is 0. The molecule has 0 atom stereocenters. The highest BCUT2D eigenvalue weighted by molar-refractivity contribution is 5.94. The predicted octanol–water partition coefficient (Wildman–Crippen LogP) is 0.198. The monoisotopic (exact) mass is 411 g/mol. The average molecular weight is 412 g/mol. The van der Waals surface area contributed by atoms with Gasteiger partial charge in [0.25, 0.3) is 11.5 Å². The molecule has 2 aliphatic rings. The van der Waals surface area contributed by atoms with Crippen LogP contribution >= 0.6 is 0 Å². The van der Waals surface area contributed by atoms with E-state index in [1.54, 1.807) is 30.3 Å². The van der Waals surface area contributed by atoms with Gasteiger partial charge < -0.3 is 24.2 Å². The molecule has 2 aliphatic heterocycles. The number of amides is 1. The molecule has 30 heavy (non-hydrogen) atoms. The van der Waals surface area contributed by atoms with Crippen LogP contribution in [-0.2, 0) is 7.05 Å². The number of pyridine rings is 1. The van der Waals surface area contributed by atoms with E-state index in [1.807, 2.05) is 6.92 Å². The fourth-order valence-corrected chi connectivity index (χ4v) is 3.97. The van der Waals surface area contributed by atoms with E-state index in [0.717, 1.165) is 43.6 Å². The molecule has 4 rings (SSSR count). The number of hydrogen-bond acceptors (Lipinski definition) is 7. The Kier molecular flexibility index (Phi) is 5.72. The number of likely N-dealkylation sites (N-methyl/N-ethyl adjacent to an activating group) is 1. The van der Waals surface area contributed by atoms with Gasteiger partial charge in [-0.2, -0.15) is 0 Å². The summed E-state index contributed by atoms with van der Waals surface area (Å²) in [5.41, 5.74) is -0.0307. The Bertz CT molecular complexity index is 974. The lowest BCUT2D eigenvalue weighted by molar-refractivity contribution is 0.0744. The number of nitrogens with zero attached hydrogens (tertiary/aromatic N) is 7. The topological polar surface area (TPSA) is 77.8 Å². The molecule has 0 N–H and O–H groups in total. The molecule has 2 aromatic rings. The molecule has 2 saturated heterocycles. The molecule has 1 amide bonds. The van der Waals surface area contributed by atoms with Crippen molar-refractivity contribution >= 4 is 17.5 Å². The van der Waals surface area contributed by atoms with E-state index in [1.165, 1.54) is 4.57 Å². The number of carbonyl (C=O) groups is 1. The van der Waals surface area contributed by atoms with E-state index >= 15 is 0 Å². The summed E-state index contributed by atoms with van der Waals surface area (Å²) in [6.07, 6.45) is 1.66. The molecular weight excluding hydrogens is 382 g/mol. The van der Waals surface area contributed by atoms with Crippen molar-refractivity contribution in [2.24, 2.45) is 7.05 Å². The van der Waals surface area contributed by atoms with Crippen molar-refractivity contribution in [3.8, 4) is 0 Å². The van der Waals surface area contributed by atoms with E-state index in [-0.39, 0.29) is 17.0 Å². The van der Waals surface area contributed by atoms with Crippen molar-refractivity contribution in [2.75, 3.05) is 69.2 Å². The van der Waals surface area contributed by atoms with Crippen LogP contribution in [0.15, 0.2) is 29.2 Å². The van der Waals surface area contributed by atoms with Crippen molar-refractivity contribution < 1.29 is 4.79 Å². The molecule has 9 heteroatoms. The molecule has 0 spiro atoms. The molecule has 2 fully saturated rings. The normalized spacial score (nSPS) is 18.0. The molecule has 0 radical (unpaired) electrons. The van der Waals surface area contributed by atoms with Crippen molar-refractivity contribution in [3.05, 3.63) is 46.1 Å². The number of hydrogen-bond donors (Lipinski definition) is 0. The van der Waals surface area contributed by atoms with Gasteiger partial charge in [0, 0.05) is 71.7 Å². The van der Waals surface area contributed by atoms with Crippen LogP contribution in [-0.4, -0.2) is 89.6 Å². The SMILES string of the molecule is Cc1nc(N2CCN(C)CC2)cc(N2CCN(C(=O)c3cccn(C)c3=O)CC2)n1. The second-order valence-corrected chi connectivity index (χ2v) is 8.04. The molecule has 160 valence electrons. The number of rotatable bonds is 3. The third kappa shape index (κ3) is 4.16. The second-order valence-electron chi connectivity index (χ2n) is 8.04. The summed E-state index contributed by atoms with van der Waals surface area (Å²) in [6, 6.07) is 5.39. The molecule has 2 aromatic heterocycles. The van der Waals surface area contributed by atoms with E-state index < -0.39 is 0 Å².